The van der Waals surface area contributed by atoms with Gasteiger partial charge in [-0.3, -0.25) is 4.79 Å². The molecule has 2 amide bonds. The summed E-state index contributed by atoms with van der Waals surface area (Å²) in [4.78, 5) is 29.7. The largest absolute Gasteiger partial charge is 0.465 e. The molecular formula is C29H29FN6O4. The van der Waals surface area contributed by atoms with Crippen molar-refractivity contribution in [1.82, 2.24) is 24.8 Å². The van der Waals surface area contributed by atoms with Gasteiger partial charge in [0.2, 0.25) is 5.88 Å². The average molecular weight is 545 g/mol. The summed E-state index contributed by atoms with van der Waals surface area (Å²) in [7, 11) is 0. The summed E-state index contributed by atoms with van der Waals surface area (Å²) in [6.45, 7) is 5.16. The molecule has 1 saturated heterocycles. The summed E-state index contributed by atoms with van der Waals surface area (Å²) in [6, 6.07) is 11.9. The molecule has 2 aliphatic rings. The van der Waals surface area contributed by atoms with Crippen LogP contribution in [0.25, 0.3) is 16.9 Å². The number of nitrogens with zero attached hydrogens (tertiary/aromatic N) is 4. The summed E-state index contributed by atoms with van der Waals surface area (Å²) in [5, 5.41) is 20.2. The van der Waals surface area contributed by atoms with Gasteiger partial charge in [-0.05, 0) is 56.0 Å². The Bertz CT molecular complexity index is 1630. The van der Waals surface area contributed by atoms with Crippen LogP contribution in [-0.2, 0) is 0 Å². The third-order valence-electron chi connectivity index (χ3n) is 7.30. The predicted molar refractivity (Wildman–Crippen MR) is 146 cm³/mol. The van der Waals surface area contributed by atoms with Crippen LogP contribution in [0.5, 0.6) is 11.6 Å². The van der Waals surface area contributed by atoms with E-state index in [2.05, 4.69) is 20.7 Å². The zero-order valence-electron chi connectivity index (χ0n) is 22.1. The number of anilines is 1. The third-order valence-corrected chi connectivity index (χ3v) is 7.30. The van der Waals surface area contributed by atoms with Crippen LogP contribution in [0.1, 0.15) is 34.3 Å². The highest BCUT2D eigenvalue weighted by Gasteiger charge is 2.30. The SMILES string of the molecule is Cc1ccc(F)cc1Oc1cc(NCC2CN(C(=O)O)C2)c2ncc(-c3ccc(C(=O)NC4CC4)c(C)c3)n2n1. The number of hydrogen-bond acceptors (Lipinski definition) is 6. The molecule has 2 fully saturated rings. The number of carbonyl (C=O) groups is 2. The van der Waals surface area contributed by atoms with Gasteiger partial charge in [0.1, 0.15) is 11.6 Å². The smallest absolute Gasteiger partial charge is 0.407 e. The summed E-state index contributed by atoms with van der Waals surface area (Å²) < 4.78 is 21.7. The Morgan fingerprint density at radius 1 is 1.10 bits per heavy atom. The lowest BCUT2D eigenvalue weighted by Gasteiger charge is -2.37. The highest BCUT2D eigenvalue weighted by atomic mass is 19.1. The molecule has 3 N–H and O–H groups in total. The van der Waals surface area contributed by atoms with Crippen LogP contribution in [0, 0.1) is 25.6 Å². The van der Waals surface area contributed by atoms with Crippen LogP contribution in [0.15, 0.2) is 48.7 Å². The van der Waals surface area contributed by atoms with Crippen molar-refractivity contribution in [1.29, 1.82) is 0 Å². The molecule has 2 aromatic carbocycles. The maximum Gasteiger partial charge on any atom is 0.407 e. The number of nitrogens with one attached hydrogen (secondary N) is 2. The van der Waals surface area contributed by atoms with Crippen molar-refractivity contribution in [3.63, 3.8) is 0 Å². The summed E-state index contributed by atoms with van der Waals surface area (Å²) in [5.74, 6) is 0.245. The number of likely N-dealkylation sites (tertiary alicyclic amines) is 1. The normalized spacial score (nSPS) is 15.1. The minimum atomic E-state index is -0.923. The maximum absolute atomic E-state index is 14.0. The quantitative estimate of drug-likeness (QED) is 0.290. The van der Waals surface area contributed by atoms with Crippen molar-refractivity contribution in [3.8, 4) is 22.9 Å². The summed E-state index contributed by atoms with van der Waals surface area (Å²) in [6.07, 6.45) is 2.82. The fourth-order valence-corrected chi connectivity index (χ4v) is 4.80. The van der Waals surface area contributed by atoms with Crippen LogP contribution in [0.3, 0.4) is 0 Å². The number of fused-ring (bicyclic) bond motifs is 1. The second-order valence-corrected chi connectivity index (χ2v) is 10.5. The number of imidazole rings is 1. The molecule has 2 aromatic heterocycles. The van der Waals surface area contributed by atoms with Crippen LogP contribution in [0.2, 0.25) is 0 Å². The predicted octanol–water partition coefficient (Wildman–Crippen LogP) is 4.86. The number of aromatic nitrogens is 3. The first-order chi connectivity index (χ1) is 19.2. The van der Waals surface area contributed by atoms with E-state index in [0.29, 0.717) is 48.0 Å². The first-order valence-corrected chi connectivity index (χ1v) is 13.2. The Labute approximate surface area is 229 Å². The van der Waals surface area contributed by atoms with E-state index >= 15 is 0 Å². The van der Waals surface area contributed by atoms with Gasteiger partial charge in [-0.2, -0.15) is 0 Å². The van der Waals surface area contributed by atoms with Gasteiger partial charge in [-0.15, -0.1) is 5.10 Å². The molecule has 3 heterocycles. The van der Waals surface area contributed by atoms with E-state index in [-0.39, 0.29) is 23.7 Å². The molecule has 1 aliphatic heterocycles. The van der Waals surface area contributed by atoms with E-state index < -0.39 is 11.9 Å². The number of rotatable bonds is 8. The van der Waals surface area contributed by atoms with Gasteiger partial charge in [0.05, 0.1) is 17.6 Å². The molecule has 0 spiro atoms. The molecule has 0 bridgehead atoms. The van der Waals surface area contributed by atoms with Gasteiger partial charge in [-0.1, -0.05) is 12.1 Å². The molecule has 40 heavy (non-hydrogen) atoms. The lowest BCUT2D eigenvalue weighted by molar-refractivity contribution is 0.0863. The number of halogens is 1. The number of ether oxygens (including phenoxy) is 1. The van der Waals surface area contributed by atoms with Gasteiger partial charge in [-0.25, -0.2) is 18.7 Å². The van der Waals surface area contributed by atoms with Crippen molar-refractivity contribution < 1.29 is 23.8 Å². The molecule has 10 nitrogen and oxygen atoms in total. The highest BCUT2D eigenvalue weighted by Crippen LogP contribution is 2.32. The number of amides is 2. The Balaban J connectivity index is 1.34. The van der Waals surface area contributed by atoms with Crippen molar-refractivity contribution in [2.75, 3.05) is 25.0 Å². The maximum atomic E-state index is 14.0. The Morgan fingerprint density at radius 2 is 1.90 bits per heavy atom. The first kappa shape index (κ1) is 25.6. The fourth-order valence-electron chi connectivity index (χ4n) is 4.80. The van der Waals surface area contributed by atoms with Crippen LogP contribution in [-0.4, -0.2) is 62.3 Å². The number of carboxylic acid groups (broad SMARTS) is 1. The number of hydrogen-bond donors (Lipinski definition) is 3. The topological polar surface area (TPSA) is 121 Å². The Hall–Kier alpha value is -4.67. The van der Waals surface area contributed by atoms with Crippen LogP contribution < -0.4 is 15.4 Å². The zero-order valence-corrected chi connectivity index (χ0v) is 22.1. The third kappa shape index (κ3) is 5.14. The standard InChI is InChI=1S/C29H29FN6O4/c1-16-3-5-20(30)10-25(16)40-26-11-23(31-12-18-14-35(15-18)29(38)39)27-32-13-24(36(27)34-26)19-4-8-22(17(2)9-19)28(37)33-21-6-7-21/h3-5,8-11,13,18,21,31H,6-7,12,14-15H2,1-2H3,(H,33,37)(H,38,39). The summed E-state index contributed by atoms with van der Waals surface area (Å²) in [5.41, 5.74) is 4.93. The van der Waals surface area contributed by atoms with Crippen molar-refractivity contribution >= 4 is 23.3 Å². The Morgan fingerprint density at radius 3 is 2.62 bits per heavy atom. The molecule has 206 valence electrons. The van der Waals surface area contributed by atoms with Gasteiger partial charge >= 0.3 is 6.09 Å². The number of aryl methyl sites for hydroxylation is 2. The molecule has 6 rings (SSSR count). The molecule has 1 aliphatic carbocycles. The van der Waals surface area contributed by atoms with Gasteiger partial charge in [0.15, 0.2) is 5.65 Å². The van der Waals surface area contributed by atoms with Crippen molar-refractivity contribution in [2.24, 2.45) is 5.92 Å². The highest BCUT2D eigenvalue weighted by molar-refractivity contribution is 5.96. The first-order valence-electron chi connectivity index (χ1n) is 13.2. The second kappa shape index (κ2) is 10.1. The van der Waals surface area contributed by atoms with Crippen LogP contribution in [0.4, 0.5) is 14.9 Å². The van der Waals surface area contributed by atoms with E-state index in [1.165, 1.54) is 17.0 Å². The van der Waals surface area contributed by atoms with Gasteiger partial charge in [0, 0.05) is 54.9 Å². The van der Waals surface area contributed by atoms with E-state index in [9.17, 15) is 14.0 Å². The molecule has 4 aromatic rings. The minimum absolute atomic E-state index is 0.0760. The lowest BCUT2D eigenvalue weighted by atomic mass is 10.0. The van der Waals surface area contributed by atoms with E-state index in [4.69, 9.17) is 9.84 Å². The van der Waals surface area contributed by atoms with Crippen molar-refractivity contribution in [3.05, 3.63) is 71.2 Å². The minimum Gasteiger partial charge on any atom is -0.465 e. The van der Waals surface area contributed by atoms with Gasteiger partial charge < -0.3 is 25.4 Å². The molecule has 0 unspecified atom stereocenters. The Kier molecular flexibility index (Phi) is 6.49. The number of carbonyl (C=O) groups excluding carboxylic acids is 1. The van der Waals surface area contributed by atoms with Crippen LogP contribution >= 0.6 is 0 Å². The molecule has 11 heteroatoms. The molecular weight excluding hydrogens is 515 g/mol. The zero-order chi connectivity index (χ0) is 28.0. The van der Waals surface area contributed by atoms with Gasteiger partial charge in [0.25, 0.3) is 5.91 Å². The number of benzene rings is 2. The lowest BCUT2D eigenvalue weighted by Crippen LogP contribution is -2.51. The van der Waals surface area contributed by atoms with E-state index in [0.717, 1.165) is 29.5 Å². The average Bonchev–Trinajstić information content (AvgIpc) is 3.60. The monoisotopic (exact) mass is 544 g/mol. The molecule has 0 radical (unpaired) electrons. The second-order valence-electron chi connectivity index (χ2n) is 10.5. The van der Waals surface area contributed by atoms with E-state index in [1.807, 2.05) is 32.0 Å². The van der Waals surface area contributed by atoms with E-state index in [1.54, 1.807) is 22.8 Å². The molecule has 0 atom stereocenters. The summed E-state index contributed by atoms with van der Waals surface area (Å²) >= 11 is 0. The van der Waals surface area contributed by atoms with Crippen molar-refractivity contribution in [2.45, 2.75) is 32.7 Å². The molecule has 1 saturated carbocycles. The fraction of sp³-hybridized carbons (Fsp3) is 0.310.